The molecule has 1 atom stereocenters. The van der Waals surface area contributed by atoms with Crippen LogP contribution in [0, 0.1) is 5.92 Å². The fourth-order valence-electron chi connectivity index (χ4n) is 2.53. The van der Waals surface area contributed by atoms with Crippen LogP contribution in [0.5, 0.6) is 0 Å². The second kappa shape index (κ2) is 6.76. The topological polar surface area (TPSA) is 21.3 Å². The Morgan fingerprint density at radius 2 is 2.00 bits per heavy atom. The first-order valence-corrected chi connectivity index (χ1v) is 7.24. The van der Waals surface area contributed by atoms with Gasteiger partial charge in [-0.2, -0.15) is 0 Å². The van der Waals surface area contributed by atoms with E-state index in [1.165, 1.54) is 5.56 Å². The Morgan fingerprint density at radius 1 is 1.28 bits per heavy atom. The molecule has 1 N–H and O–H groups in total. The molecule has 1 unspecified atom stereocenters. The van der Waals surface area contributed by atoms with Crippen LogP contribution >= 0.6 is 23.2 Å². The molecule has 0 saturated carbocycles. The van der Waals surface area contributed by atoms with Crippen molar-refractivity contribution in [3.05, 3.63) is 33.8 Å². The van der Waals surface area contributed by atoms with Crippen LogP contribution in [0.25, 0.3) is 0 Å². The average molecular weight is 288 g/mol. The third-order valence-corrected chi connectivity index (χ3v) is 4.20. The third-order valence-electron chi connectivity index (χ3n) is 3.46. The van der Waals surface area contributed by atoms with Gasteiger partial charge in [-0.1, -0.05) is 36.2 Å². The first-order valence-electron chi connectivity index (χ1n) is 6.48. The van der Waals surface area contributed by atoms with Crippen LogP contribution in [-0.4, -0.2) is 19.8 Å². The molecule has 1 aliphatic rings. The summed E-state index contributed by atoms with van der Waals surface area (Å²) in [5.41, 5.74) is 1.22. The van der Waals surface area contributed by atoms with Crippen molar-refractivity contribution in [1.29, 1.82) is 0 Å². The summed E-state index contributed by atoms with van der Waals surface area (Å²) in [7, 11) is 0. The average Bonchev–Trinajstić information content (AvgIpc) is 2.40. The molecule has 1 heterocycles. The number of ether oxygens (including phenoxy) is 1. The van der Waals surface area contributed by atoms with Gasteiger partial charge in [0, 0.05) is 19.3 Å². The summed E-state index contributed by atoms with van der Waals surface area (Å²) in [4.78, 5) is 0. The number of halogens is 2. The number of rotatable bonds is 4. The van der Waals surface area contributed by atoms with Crippen LogP contribution < -0.4 is 5.32 Å². The number of hydrogen-bond acceptors (Lipinski definition) is 2. The largest absolute Gasteiger partial charge is 0.381 e. The smallest absolute Gasteiger partial charge is 0.0595 e. The minimum absolute atomic E-state index is 0.341. The highest BCUT2D eigenvalue weighted by Crippen LogP contribution is 2.33. The standard InChI is InChI=1S/C14H19Cl2NO/c1-2-17-14(10-5-7-18-8-6-10)11-3-4-12(15)13(16)9-11/h3-4,9-10,14,17H,2,5-8H2,1H3. The van der Waals surface area contributed by atoms with Crippen LogP contribution in [-0.2, 0) is 4.74 Å². The molecule has 2 nitrogen and oxygen atoms in total. The molecule has 18 heavy (non-hydrogen) atoms. The molecule has 1 saturated heterocycles. The van der Waals surface area contributed by atoms with Gasteiger partial charge in [0.25, 0.3) is 0 Å². The van der Waals surface area contributed by atoms with Crippen LogP contribution in [0.2, 0.25) is 10.0 Å². The molecular formula is C14H19Cl2NO. The highest BCUT2D eigenvalue weighted by atomic mass is 35.5. The van der Waals surface area contributed by atoms with E-state index in [0.29, 0.717) is 22.0 Å². The second-order valence-electron chi connectivity index (χ2n) is 4.66. The number of benzene rings is 1. The molecule has 1 aliphatic heterocycles. The summed E-state index contributed by atoms with van der Waals surface area (Å²) < 4.78 is 5.43. The summed E-state index contributed by atoms with van der Waals surface area (Å²) in [6, 6.07) is 6.26. The zero-order chi connectivity index (χ0) is 13.0. The molecule has 0 aromatic heterocycles. The van der Waals surface area contributed by atoms with Crippen molar-refractivity contribution in [2.24, 2.45) is 5.92 Å². The summed E-state index contributed by atoms with van der Waals surface area (Å²) in [5.74, 6) is 0.607. The van der Waals surface area contributed by atoms with E-state index in [1.54, 1.807) is 0 Å². The number of nitrogens with one attached hydrogen (secondary N) is 1. The zero-order valence-corrected chi connectivity index (χ0v) is 12.1. The monoisotopic (exact) mass is 287 g/mol. The Balaban J connectivity index is 2.19. The van der Waals surface area contributed by atoms with E-state index in [1.807, 2.05) is 12.1 Å². The molecule has 1 fully saturated rings. The van der Waals surface area contributed by atoms with Gasteiger partial charge in [-0.25, -0.2) is 0 Å². The van der Waals surface area contributed by atoms with Gasteiger partial charge < -0.3 is 10.1 Å². The van der Waals surface area contributed by atoms with Crippen LogP contribution in [0.15, 0.2) is 18.2 Å². The van der Waals surface area contributed by atoms with Crippen LogP contribution in [0.4, 0.5) is 0 Å². The van der Waals surface area contributed by atoms with Crippen molar-refractivity contribution in [3.8, 4) is 0 Å². The lowest BCUT2D eigenvalue weighted by Gasteiger charge is -2.31. The van der Waals surface area contributed by atoms with Gasteiger partial charge in [-0.15, -0.1) is 0 Å². The predicted molar refractivity (Wildman–Crippen MR) is 76.4 cm³/mol. The zero-order valence-electron chi connectivity index (χ0n) is 10.6. The summed E-state index contributed by atoms with van der Waals surface area (Å²) in [5, 5.41) is 4.80. The van der Waals surface area contributed by atoms with Gasteiger partial charge in [0.2, 0.25) is 0 Å². The Bertz CT molecular complexity index is 391. The van der Waals surface area contributed by atoms with E-state index >= 15 is 0 Å². The molecule has 0 bridgehead atoms. The van der Waals surface area contributed by atoms with Crippen molar-refractivity contribution in [3.63, 3.8) is 0 Å². The molecular weight excluding hydrogens is 269 g/mol. The van der Waals surface area contributed by atoms with Crippen molar-refractivity contribution < 1.29 is 4.74 Å². The van der Waals surface area contributed by atoms with Gasteiger partial charge in [0.05, 0.1) is 10.0 Å². The van der Waals surface area contributed by atoms with Crippen LogP contribution in [0.1, 0.15) is 31.4 Å². The van der Waals surface area contributed by atoms with Crippen LogP contribution in [0.3, 0.4) is 0 Å². The van der Waals surface area contributed by atoms with E-state index in [4.69, 9.17) is 27.9 Å². The fraction of sp³-hybridized carbons (Fsp3) is 0.571. The Hall–Kier alpha value is -0.280. The van der Waals surface area contributed by atoms with Crippen molar-refractivity contribution in [2.75, 3.05) is 19.8 Å². The lowest BCUT2D eigenvalue weighted by Crippen LogP contribution is -2.32. The van der Waals surface area contributed by atoms with Gasteiger partial charge >= 0.3 is 0 Å². The maximum atomic E-state index is 6.11. The quantitative estimate of drug-likeness (QED) is 0.901. The lowest BCUT2D eigenvalue weighted by molar-refractivity contribution is 0.0538. The van der Waals surface area contributed by atoms with Gasteiger partial charge in [0.15, 0.2) is 0 Å². The molecule has 0 spiro atoms. The molecule has 0 aliphatic carbocycles. The highest BCUT2D eigenvalue weighted by Gasteiger charge is 2.25. The van der Waals surface area contributed by atoms with Crippen molar-refractivity contribution >= 4 is 23.2 Å². The van der Waals surface area contributed by atoms with E-state index in [0.717, 1.165) is 32.6 Å². The SMILES string of the molecule is CCNC(c1ccc(Cl)c(Cl)c1)C1CCOCC1. The second-order valence-corrected chi connectivity index (χ2v) is 5.47. The molecule has 0 amide bonds. The summed E-state index contributed by atoms with van der Waals surface area (Å²) in [6.45, 7) is 4.79. The van der Waals surface area contributed by atoms with Crippen molar-refractivity contribution in [2.45, 2.75) is 25.8 Å². The molecule has 0 radical (unpaired) electrons. The molecule has 1 aromatic carbocycles. The minimum Gasteiger partial charge on any atom is -0.381 e. The van der Waals surface area contributed by atoms with Gasteiger partial charge in [-0.3, -0.25) is 0 Å². The Kier molecular flexibility index (Phi) is 5.31. The molecule has 1 aromatic rings. The van der Waals surface area contributed by atoms with E-state index in [-0.39, 0.29) is 0 Å². The fourth-order valence-corrected chi connectivity index (χ4v) is 2.84. The number of hydrogen-bond donors (Lipinski definition) is 1. The predicted octanol–water partition coefficient (Wildman–Crippen LogP) is 4.07. The lowest BCUT2D eigenvalue weighted by atomic mass is 9.87. The normalized spacial score (nSPS) is 18.8. The maximum Gasteiger partial charge on any atom is 0.0595 e. The third kappa shape index (κ3) is 3.39. The Morgan fingerprint density at radius 3 is 2.61 bits per heavy atom. The Labute approximate surface area is 119 Å². The maximum absolute atomic E-state index is 6.11. The minimum atomic E-state index is 0.341. The van der Waals surface area contributed by atoms with Gasteiger partial charge in [-0.05, 0) is 43.0 Å². The van der Waals surface area contributed by atoms with Crippen molar-refractivity contribution in [1.82, 2.24) is 5.32 Å². The first-order chi connectivity index (χ1) is 8.72. The van der Waals surface area contributed by atoms with E-state index < -0.39 is 0 Å². The molecule has 2 rings (SSSR count). The molecule has 100 valence electrons. The van der Waals surface area contributed by atoms with Gasteiger partial charge in [0.1, 0.15) is 0 Å². The highest BCUT2D eigenvalue weighted by molar-refractivity contribution is 6.42. The molecule has 4 heteroatoms. The first kappa shape index (κ1) is 14.1. The summed E-state index contributed by atoms with van der Waals surface area (Å²) >= 11 is 12.1. The van der Waals surface area contributed by atoms with E-state index in [2.05, 4.69) is 18.3 Å². The van der Waals surface area contributed by atoms with E-state index in [9.17, 15) is 0 Å². The summed E-state index contributed by atoms with van der Waals surface area (Å²) in [6.07, 6.45) is 2.19.